The van der Waals surface area contributed by atoms with Crippen molar-refractivity contribution >= 4 is 16.9 Å². The molecule has 3 aromatic rings. The number of aliphatic hydroxyl groups is 1. The number of aryl methyl sites for hydroxylation is 1. The largest absolute Gasteiger partial charge is 0.483 e. The number of aliphatic hydroxyl groups excluding tert-OH is 1. The Kier molecular flexibility index (Phi) is 5.54. The summed E-state index contributed by atoms with van der Waals surface area (Å²) < 4.78 is 18.1. The molecule has 2 aromatic carbocycles. The summed E-state index contributed by atoms with van der Waals surface area (Å²) in [7, 11) is 0. The lowest BCUT2D eigenvalue weighted by Gasteiger charge is -2.39. The number of hydrogen-bond donors (Lipinski definition) is 2. The molecule has 0 saturated carbocycles. The summed E-state index contributed by atoms with van der Waals surface area (Å²) in [6.45, 7) is 6.67. The molecule has 31 heavy (non-hydrogen) atoms. The van der Waals surface area contributed by atoms with E-state index in [9.17, 15) is 9.90 Å². The van der Waals surface area contributed by atoms with Gasteiger partial charge in [-0.05, 0) is 51.3 Å². The van der Waals surface area contributed by atoms with Gasteiger partial charge in [0, 0.05) is 29.6 Å². The Morgan fingerprint density at radius 1 is 1.16 bits per heavy atom. The van der Waals surface area contributed by atoms with Crippen LogP contribution in [0.2, 0.25) is 0 Å². The standard InChI is InChI=1S/C25H29NO5/c1-16-20(23(26)28)21-18(30-16)9-10-19(22(21)25(15-27)11-13-29-14-12-25)31-24(2,3)17-7-5-4-6-8-17/h4-10,27H,11-15H2,1-3H3,(H2,26,28). The van der Waals surface area contributed by atoms with Crippen molar-refractivity contribution in [1.82, 2.24) is 0 Å². The summed E-state index contributed by atoms with van der Waals surface area (Å²) in [4.78, 5) is 12.4. The van der Waals surface area contributed by atoms with Gasteiger partial charge in [0.15, 0.2) is 0 Å². The number of carbonyl (C=O) groups excluding carboxylic acids is 1. The average molecular weight is 424 g/mol. The van der Waals surface area contributed by atoms with E-state index in [0.29, 0.717) is 54.1 Å². The van der Waals surface area contributed by atoms with E-state index >= 15 is 0 Å². The van der Waals surface area contributed by atoms with Crippen LogP contribution in [-0.2, 0) is 15.8 Å². The fourth-order valence-corrected chi connectivity index (χ4v) is 4.62. The zero-order chi connectivity index (χ0) is 22.2. The van der Waals surface area contributed by atoms with E-state index in [2.05, 4.69) is 0 Å². The number of benzene rings is 2. The highest BCUT2D eigenvalue weighted by molar-refractivity contribution is 6.08. The van der Waals surface area contributed by atoms with Crippen molar-refractivity contribution in [2.24, 2.45) is 5.73 Å². The minimum atomic E-state index is -0.642. The zero-order valence-corrected chi connectivity index (χ0v) is 18.2. The van der Waals surface area contributed by atoms with Crippen molar-refractivity contribution in [3.8, 4) is 5.75 Å². The lowest BCUT2D eigenvalue weighted by molar-refractivity contribution is 0.0224. The predicted octanol–water partition coefficient (Wildman–Crippen LogP) is 4.19. The van der Waals surface area contributed by atoms with Gasteiger partial charge in [-0.1, -0.05) is 30.3 Å². The van der Waals surface area contributed by atoms with Crippen molar-refractivity contribution in [1.29, 1.82) is 0 Å². The highest BCUT2D eigenvalue weighted by atomic mass is 16.5. The molecule has 1 aliphatic heterocycles. The molecule has 1 fully saturated rings. The number of nitrogens with two attached hydrogens (primary N) is 1. The summed E-state index contributed by atoms with van der Waals surface area (Å²) in [5, 5.41) is 11.2. The second-order valence-electron chi connectivity index (χ2n) is 8.74. The number of hydrogen-bond acceptors (Lipinski definition) is 5. The maximum atomic E-state index is 12.4. The highest BCUT2D eigenvalue weighted by Crippen LogP contribution is 2.47. The van der Waals surface area contributed by atoms with Gasteiger partial charge in [-0.2, -0.15) is 0 Å². The molecule has 1 aliphatic rings. The molecule has 2 heterocycles. The van der Waals surface area contributed by atoms with Crippen LogP contribution in [0.4, 0.5) is 0 Å². The Balaban J connectivity index is 1.97. The Morgan fingerprint density at radius 3 is 2.45 bits per heavy atom. The minimum absolute atomic E-state index is 0.0972. The van der Waals surface area contributed by atoms with Gasteiger partial charge in [0.1, 0.15) is 22.7 Å². The first-order chi connectivity index (χ1) is 14.8. The Hall–Kier alpha value is -2.83. The molecule has 0 atom stereocenters. The van der Waals surface area contributed by atoms with Crippen LogP contribution in [0.1, 0.15) is 53.9 Å². The summed E-state index contributed by atoms with van der Waals surface area (Å²) in [6, 6.07) is 13.6. The third-order valence-corrected chi connectivity index (χ3v) is 6.36. The molecule has 3 N–H and O–H groups in total. The van der Waals surface area contributed by atoms with Crippen LogP contribution < -0.4 is 10.5 Å². The molecule has 6 heteroatoms. The van der Waals surface area contributed by atoms with Crippen LogP contribution >= 0.6 is 0 Å². The van der Waals surface area contributed by atoms with E-state index in [4.69, 9.17) is 19.6 Å². The van der Waals surface area contributed by atoms with Crippen molar-refractivity contribution in [3.05, 3.63) is 64.9 Å². The topological polar surface area (TPSA) is 94.9 Å². The maximum Gasteiger partial charge on any atom is 0.252 e. The van der Waals surface area contributed by atoms with Crippen LogP contribution in [0.15, 0.2) is 46.9 Å². The van der Waals surface area contributed by atoms with E-state index in [-0.39, 0.29) is 6.61 Å². The number of fused-ring (bicyclic) bond motifs is 1. The molecular formula is C25H29NO5. The first-order valence-corrected chi connectivity index (χ1v) is 10.6. The minimum Gasteiger partial charge on any atom is -0.483 e. The van der Waals surface area contributed by atoms with Gasteiger partial charge in [-0.3, -0.25) is 4.79 Å². The number of primary amides is 1. The molecule has 1 saturated heterocycles. The van der Waals surface area contributed by atoms with Gasteiger partial charge in [0.05, 0.1) is 12.2 Å². The van der Waals surface area contributed by atoms with E-state index < -0.39 is 16.9 Å². The average Bonchev–Trinajstić information content (AvgIpc) is 3.10. The molecule has 164 valence electrons. The molecule has 0 unspecified atom stereocenters. The smallest absolute Gasteiger partial charge is 0.252 e. The van der Waals surface area contributed by atoms with E-state index in [1.807, 2.05) is 50.2 Å². The highest BCUT2D eigenvalue weighted by Gasteiger charge is 2.41. The lowest BCUT2D eigenvalue weighted by Crippen LogP contribution is -2.39. The third-order valence-electron chi connectivity index (χ3n) is 6.36. The summed E-state index contributed by atoms with van der Waals surface area (Å²) >= 11 is 0. The van der Waals surface area contributed by atoms with Crippen LogP contribution in [0.5, 0.6) is 5.75 Å². The van der Waals surface area contributed by atoms with Gasteiger partial charge in [0.2, 0.25) is 0 Å². The first-order valence-electron chi connectivity index (χ1n) is 10.6. The number of carbonyl (C=O) groups is 1. The Morgan fingerprint density at radius 2 is 1.84 bits per heavy atom. The van der Waals surface area contributed by atoms with Crippen LogP contribution in [0, 0.1) is 6.92 Å². The fraction of sp³-hybridized carbons (Fsp3) is 0.400. The van der Waals surface area contributed by atoms with Crippen molar-refractivity contribution in [2.45, 2.75) is 44.6 Å². The summed E-state index contributed by atoms with van der Waals surface area (Å²) in [5.41, 5.74) is 7.17. The zero-order valence-electron chi connectivity index (χ0n) is 18.2. The monoisotopic (exact) mass is 423 g/mol. The van der Waals surface area contributed by atoms with Crippen molar-refractivity contribution < 1.29 is 23.8 Å². The van der Waals surface area contributed by atoms with Gasteiger partial charge < -0.3 is 24.7 Å². The van der Waals surface area contributed by atoms with Crippen molar-refractivity contribution in [2.75, 3.05) is 19.8 Å². The summed E-state index contributed by atoms with van der Waals surface area (Å²) in [5.74, 6) is 0.515. The van der Waals surface area contributed by atoms with Crippen LogP contribution in [0.3, 0.4) is 0 Å². The van der Waals surface area contributed by atoms with Crippen LogP contribution in [-0.4, -0.2) is 30.8 Å². The normalized spacial score (nSPS) is 16.4. The Bertz CT molecular complexity index is 1090. The molecule has 0 bridgehead atoms. The van der Waals surface area contributed by atoms with Gasteiger partial charge in [0.25, 0.3) is 5.91 Å². The molecule has 0 radical (unpaired) electrons. The lowest BCUT2D eigenvalue weighted by atomic mass is 9.72. The third kappa shape index (κ3) is 3.70. The van der Waals surface area contributed by atoms with Gasteiger partial charge in [-0.15, -0.1) is 0 Å². The molecule has 0 aliphatic carbocycles. The van der Waals surface area contributed by atoms with Gasteiger partial charge in [-0.25, -0.2) is 0 Å². The fourth-order valence-electron chi connectivity index (χ4n) is 4.62. The van der Waals surface area contributed by atoms with E-state index in [1.165, 1.54) is 0 Å². The number of ether oxygens (including phenoxy) is 2. The molecule has 1 aromatic heterocycles. The molecule has 1 amide bonds. The maximum absolute atomic E-state index is 12.4. The van der Waals surface area contributed by atoms with Gasteiger partial charge >= 0.3 is 0 Å². The quantitative estimate of drug-likeness (QED) is 0.620. The molecule has 4 rings (SSSR count). The molecule has 0 spiro atoms. The number of rotatable bonds is 6. The van der Waals surface area contributed by atoms with E-state index in [0.717, 1.165) is 11.1 Å². The summed E-state index contributed by atoms with van der Waals surface area (Å²) in [6.07, 6.45) is 1.21. The first kappa shape index (κ1) is 21.4. The number of furan rings is 1. The second-order valence-corrected chi connectivity index (χ2v) is 8.74. The predicted molar refractivity (Wildman–Crippen MR) is 118 cm³/mol. The molecule has 6 nitrogen and oxygen atoms in total. The van der Waals surface area contributed by atoms with E-state index in [1.54, 1.807) is 13.0 Å². The number of amides is 1. The molecular weight excluding hydrogens is 394 g/mol. The Labute approximate surface area is 181 Å². The van der Waals surface area contributed by atoms with Crippen molar-refractivity contribution in [3.63, 3.8) is 0 Å². The van der Waals surface area contributed by atoms with Crippen LogP contribution in [0.25, 0.3) is 11.0 Å². The second kappa shape index (κ2) is 8.02. The SMILES string of the molecule is Cc1oc2ccc(OC(C)(C)c3ccccc3)c(C3(CO)CCOCC3)c2c1C(N)=O.